The predicted octanol–water partition coefficient (Wildman–Crippen LogP) is 1.32. The Balaban J connectivity index is 2.95. The number of nitrogens with zero attached hydrogens (tertiary/aromatic N) is 2. The minimum absolute atomic E-state index is 0.194. The second-order valence-corrected chi connectivity index (χ2v) is 3.35. The molecule has 1 amide bonds. The smallest absolute Gasteiger partial charge is 0.274 e. The molecule has 1 rings (SSSR count). The highest BCUT2D eigenvalue weighted by Gasteiger charge is 2.14. The van der Waals surface area contributed by atoms with Gasteiger partial charge in [0.2, 0.25) is 0 Å². The average molecular weight is 292 g/mol. The van der Waals surface area contributed by atoms with Crippen LogP contribution in [0.2, 0.25) is 0 Å². The third-order valence-corrected chi connectivity index (χ3v) is 2.41. The zero-order valence-corrected chi connectivity index (χ0v) is 9.48. The van der Waals surface area contributed by atoms with Crippen molar-refractivity contribution in [3.8, 4) is 0 Å². The van der Waals surface area contributed by atoms with E-state index in [0.717, 1.165) is 0 Å². The van der Waals surface area contributed by atoms with Crippen LogP contribution in [0.5, 0.6) is 0 Å². The van der Waals surface area contributed by atoms with E-state index in [1.165, 1.54) is 12.2 Å². The summed E-state index contributed by atoms with van der Waals surface area (Å²) in [7, 11) is 3.01. The van der Waals surface area contributed by atoms with Crippen LogP contribution in [-0.4, -0.2) is 30.1 Å². The van der Waals surface area contributed by atoms with Crippen LogP contribution in [0.3, 0.4) is 0 Å². The van der Waals surface area contributed by atoms with Gasteiger partial charge >= 0.3 is 0 Å². The molecule has 0 atom stereocenters. The SMILES string of the molecule is CON(C)C(=O)c1cccnc1I. The maximum absolute atomic E-state index is 11.6. The number of hydrogen-bond donors (Lipinski definition) is 0. The van der Waals surface area contributed by atoms with Crippen LogP contribution in [0.25, 0.3) is 0 Å². The fraction of sp³-hybridized carbons (Fsp3) is 0.250. The zero-order valence-electron chi connectivity index (χ0n) is 7.32. The maximum atomic E-state index is 11.6. The van der Waals surface area contributed by atoms with Crippen LogP contribution in [-0.2, 0) is 4.84 Å². The van der Waals surface area contributed by atoms with E-state index in [1.54, 1.807) is 25.4 Å². The summed E-state index contributed by atoms with van der Waals surface area (Å²) in [6.07, 6.45) is 1.64. The molecule has 13 heavy (non-hydrogen) atoms. The molecule has 0 aromatic carbocycles. The zero-order chi connectivity index (χ0) is 9.84. The highest BCUT2D eigenvalue weighted by molar-refractivity contribution is 14.1. The molecule has 4 nitrogen and oxygen atoms in total. The number of pyridine rings is 1. The van der Waals surface area contributed by atoms with E-state index in [-0.39, 0.29) is 5.91 Å². The first-order valence-corrected chi connectivity index (χ1v) is 4.67. The lowest BCUT2D eigenvalue weighted by Crippen LogP contribution is -2.26. The number of rotatable bonds is 2. The Morgan fingerprint density at radius 3 is 2.92 bits per heavy atom. The van der Waals surface area contributed by atoms with Crippen molar-refractivity contribution in [3.63, 3.8) is 0 Å². The molecule has 1 heterocycles. The number of halogens is 1. The summed E-state index contributed by atoms with van der Waals surface area (Å²) in [5, 5.41) is 1.17. The van der Waals surface area contributed by atoms with E-state index in [0.29, 0.717) is 9.26 Å². The first-order valence-electron chi connectivity index (χ1n) is 3.59. The number of amides is 1. The number of carbonyl (C=O) groups excluding carboxylic acids is 1. The number of hydroxylamine groups is 2. The molecule has 0 radical (unpaired) electrons. The second-order valence-electron chi connectivity index (χ2n) is 2.33. The van der Waals surface area contributed by atoms with E-state index in [2.05, 4.69) is 4.98 Å². The van der Waals surface area contributed by atoms with Crippen LogP contribution >= 0.6 is 22.6 Å². The molecule has 0 N–H and O–H groups in total. The van der Waals surface area contributed by atoms with Gasteiger partial charge in [-0.25, -0.2) is 10.0 Å². The number of hydrogen-bond acceptors (Lipinski definition) is 3. The lowest BCUT2D eigenvalue weighted by atomic mass is 10.3. The third-order valence-electron chi connectivity index (χ3n) is 1.55. The van der Waals surface area contributed by atoms with E-state index >= 15 is 0 Å². The molecule has 0 fully saturated rings. The lowest BCUT2D eigenvalue weighted by molar-refractivity contribution is -0.0757. The molecule has 0 aliphatic heterocycles. The molecule has 0 spiro atoms. The molecular formula is C8H9IN2O2. The van der Waals surface area contributed by atoms with Gasteiger partial charge in [0.15, 0.2) is 0 Å². The van der Waals surface area contributed by atoms with Crippen molar-refractivity contribution in [3.05, 3.63) is 27.6 Å². The van der Waals surface area contributed by atoms with Crippen LogP contribution in [0.15, 0.2) is 18.3 Å². The quantitative estimate of drug-likeness (QED) is 0.469. The molecular weight excluding hydrogens is 283 g/mol. The van der Waals surface area contributed by atoms with Gasteiger partial charge in [0, 0.05) is 13.2 Å². The molecule has 0 aliphatic carbocycles. The van der Waals surface area contributed by atoms with Gasteiger partial charge in [-0.05, 0) is 34.7 Å². The summed E-state index contributed by atoms with van der Waals surface area (Å²) in [6.45, 7) is 0. The number of carbonyl (C=O) groups is 1. The molecule has 0 unspecified atom stereocenters. The summed E-state index contributed by atoms with van der Waals surface area (Å²) in [5.74, 6) is -0.194. The molecule has 5 heteroatoms. The van der Waals surface area contributed by atoms with Gasteiger partial charge < -0.3 is 0 Å². The van der Waals surface area contributed by atoms with E-state index in [4.69, 9.17) is 4.84 Å². The van der Waals surface area contributed by atoms with Crippen LogP contribution < -0.4 is 0 Å². The van der Waals surface area contributed by atoms with Crippen LogP contribution in [0.1, 0.15) is 10.4 Å². The normalized spacial score (nSPS) is 9.77. The van der Waals surface area contributed by atoms with Crippen LogP contribution in [0, 0.1) is 3.70 Å². The van der Waals surface area contributed by atoms with E-state index in [1.807, 2.05) is 22.6 Å². The van der Waals surface area contributed by atoms with Gasteiger partial charge in [-0.1, -0.05) is 0 Å². The molecule has 70 valence electrons. The Hall–Kier alpha value is -0.690. The summed E-state index contributed by atoms with van der Waals surface area (Å²) < 4.78 is 0.675. The highest BCUT2D eigenvalue weighted by atomic mass is 127. The summed E-state index contributed by atoms with van der Waals surface area (Å²) in [4.78, 5) is 20.3. The molecule has 1 aromatic heterocycles. The monoisotopic (exact) mass is 292 g/mol. The highest BCUT2D eigenvalue weighted by Crippen LogP contribution is 2.10. The van der Waals surface area contributed by atoms with Crippen molar-refractivity contribution in [2.45, 2.75) is 0 Å². The Morgan fingerprint density at radius 1 is 1.69 bits per heavy atom. The topological polar surface area (TPSA) is 42.4 Å². The van der Waals surface area contributed by atoms with Gasteiger partial charge in [0.25, 0.3) is 5.91 Å². The van der Waals surface area contributed by atoms with E-state index in [9.17, 15) is 4.79 Å². The van der Waals surface area contributed by atoms with Crippen molar-refractivity contribution >= 4 is 28.5 Å². The lowest BCUT2D eigenvalue weighted by Gasteiger charge is -2.13. The Morgan fingerprint density at radius 2 is 2.38 bits per heavy atom. The van der Waals surface area contributed by atoms with Gasteiger partial charge in [0.05, 0.1) is 12.7 Å². The van der Waals surface area contributed by atoms with Crippen molar-refractivity contribution in [1.82, 2.24) is 10.0 Å². The summed E-state index contributed by atoms with van der Waals surface area (Å²) >= 11 is 2.01. The van der Waals surface area contributed by atoms with Gasteiger partial charge in [-0.2, -0.15) is 0 Å². The van der Waals surface area contributed by atoms with Crippen molar-refractivity contribution < 1.29 is 9.63 Å². The first kappa shape index (κ1) is 10.4. The number of aromatic nitrogens is 1. The van der Waals surface area contributed by atoms with Crippen molar-refractivity contribution in [2.24, 2.45) is 0 Å². The summed E-state index contributed by atoms with van der Waals surface area (Å²) in [5.41, 5.74) is 0.549. The Bertz CT molecular complexity index is 317. The standard InChI is InChI=1S/C8H9IN2O2/c1-11(13-2)8(12)6-4-3-5-10-7(6)9/h3-5H,1-2H3. The van der Waals surface area contributed by atoms with Crippen molar-refractivity contribution in [1.29, 1.82) is 0 Å². The van der Waals surface area contributed by atoms with Crippen molar-refractivity contribution in [2.75, 3.05) is 14.2 Å². The summed E-state index contributed by atoms with van der Waals surface area (Å²) in [6, 6.07) is 3.44. The fourth-order valence-electron chi connectivity index (χ4n) is 0.798. The second kappa shape index (κ2) is 4.52. The predicted molar refractivity (Wildman–Crippen MR) is 56.1 cm³/mol. The minimum Gasteiger partial charge on any atom is -0.274 e. The van der Waals surface area contributed by atoms with Crippen LogP contribution in [0.4, 0.5) is 0 Å². The Labute approximate surface area is 90.0 Å². The minimum atomic E-state index is -0.194. The molecule has 0 saturated carbocycles. The van der Waals surface area contributed by atoms with Gasteiger partial charge in [0.1, 0.15) is 3.70 Å². The Kier molecular flexibility index (Phi) is 3.61. The molecule has 0 aliphatic rings. The third kappa shape index (κ3) is 2.38. The van der Waals surface area contributed by atoms with Gasteiger partial charge in [-0.3, -0.25) is 9.63 Å². The molecule has 1 aromatic rings. The van der Waals surface area contributed by atoms with E-state index < -0.39 is 0 Å². The van der Waals surface area contributed by atoms with Gasteiger partial charge in [-0.15, -0.1) is 0 Å². The maximum Gasteiger partial charge on any atom is 0.279 e. The fourth-order valence-corrected chi connectivity index (χ4v) is 1.37. The average Bonchev–Trinajstić information content (AvgIpc) is 2.16. The first-order chi connectivity index (χ1) is 6.16. The molecule has 0 saturated heterocycles. The largest absolute Gasteiger partial charge is 0.279 e. The molecule has 0 bridgehead atoms.